The molecule has 7 nitrogen and oxygen atoms in total. The Balaban J connectivity index is 3.12. The lowest BCUT2D eigenvalue weighted by Crippen LogP contribution is -2.32. The van der Waals surface area contributed by atoms with Crippen LogP contribution in [-0.2, 0) is 19.1 Å². The van der Waals surface area contributed by atoms with E-state index in [4.69, 9.17) is 0 Å². The summed E-state index contributed by atoms with van der Waals surface area (Å²) >= 11 is 0. The Kier molecular flexibility index (Phi) is 7.48. The van der Waals surface area contributed by atoms with Crippen molar-refractivity contribution in [3.05, 3.63) is 41.6 Å². The third-order valence-electron chi connectivity index (χ3n) is 3.30. The lowest BCUT2D eigenvalue weighted by atomic mass is 10.1. The van der Waals surface area contributed by atoms with Crippen LogP contribution in [0.2, 0.25) is 0 Å². The van der Waals surface area contributed by atoms with Gasteiger partial charge >= 0.3 is 11.9 Å². The summed E-state index contributed by atoms with van der Waals surface area (Å²) in [5.74, 6) is -1.75. The quantitative estimate of drug-likeness (QED) is 0.584. The molecule has 0 bridgehead atoms. The van der Waals surface area contributed by atoms with Crippen LogP contribution in [0.15, 0.2) is 36.0 Å². The van der Waals surface area contributed by atoms with E-state index >= 15 is 0 Å². The third-order valence-corrected chi connectivity index (χ3v) is 3.30. The Morgan fingerprint density at radius 3 is 2.42 bits per heavy atom. The van der Waals surface area contributed by atoms with Crippen LogP contribution in [0.4, 0.5) is 5.69 Å². The van der Waals surface area contributed by atoms with E-state index in [1.165, 1.54) is 14.2 Å². The molecule has 0 saturated carbocycles. The van der Waals surface area contributed by atoms with Crippen molar-refractivity contribution in [2.24, 2.45) is 0 Å². The molecule has 0 aliphatic rings. The molecular weight excluding hydrogens is 312 g/mol. The van der Waals surface area contributed by atoms with Crippen molar-refractivity contribution in [1.29, 1.82) is 0 Å². The first kappa shape index (κ1) is 19.2. The monoisotopic (exact) mass is 334 g/mol. The fourth-order valence-electron chi connectivity index (χ4n) is 1.77. The van der Waals surface area contributed by atoms with E-state index in [1.54, 1.807) is 24.3 Å². The number of ether oxygens (including phenoxy) is 2. The van der Waals surface area contributed by atoms with Crippen LogP contribution in [-0.4, -0.2) is 38.1 Å². The standard InChI is InChI=1S/C17H22N2O5/c1-5-11(2)18-16(21)12-8-6-7-9-13(12)19-14(17(22)24-4)10-15(20)23-3/h6-11,19H,5H2,1-4H3,(H,18,21)/b14-10+. The molecule has 1 unspecified atom stereocenters. The highest BCUT2D eigenvalue weighted by Crippen LogP contribution is 2.18. The van der Waals surface area contributed by atoms with Crippen molar-refractivity contribution >= 4 is 23.5 Å². The van der Waals surface area contributed by atoms with Gasteiger partial charge in [0.1, 0.15) is 5.70 Å². The van der Waals surface area contributed by atoms with Gasteiger partial charge in [-0.25, -0.2) is 9.59 Å². The molecular formula is C17H22N2O5. The molecule has 0 saturated heterocycles. The van der Waals surface area contributed by atoms with Gasteiger partial charge in [-0.05, 0) is 25.5 Å². The van der Waals surface area contributed by atoms with Crippen molar-refractivity contribution in [3.63, 3.8) is 0 Å². The second-order valence-corrected chi connectivity index (χ2v) is 5.03. The lowest BCUT2D eigenvalue weighted by molar-refractivity contribution is -0.138. The second kappa shape index (κ2) is 9.34. The van der Waals surface area contributed by atoms with Gasteiger partial charge in [0.2, 0.25) is 0 Å². The van der Waals surface area contributed by atoms with Crippen LogP contribution >= 0.6 is 0 Å². The number of esters is 2. The number of benzene rings is 1. The Bertz CT molecular complexity index is 640. The van der Waals surface area contributed by atoms with Gasteiger partial charge < -0.3 is 20.1 Å². The molecule has 0 heterocycles. The van der Waals surface area contributed by atoms with Gasteiger partial charge in [0.15, 0.2) is 0 Å². The minimum atomic E-state index is -0.752. The first-order valence-corrected chi connectivity index (χ1v) is 7.47. The fraction of sp³-hybridized carbons (Fsp3) is 0.353. The van der Waals surface area contributed by atoms with E-state index < -0.39 is 11.9 Å². The average molecular weight is 334 g/mol. The molecule has 7 heteroatoms. The molecule has 1 atom stereocenters. The topological polar surface area (TPSA) is 93.7 Å². The highest BCUT2D eigenvalue weighted by atomic mass is 16.5. The van der Waals surface area contributed by atoms with Gasteiger partial charge in [0.05, 0.1) is 31.5 Å². The highest BCUT2D eigenvalue weighted by molar-refractivity contribution is 6.03. The van der Waals surface area contributed by atoms with Crippen molar-refractivity contribution in [1.82, 2.24) is 5.32 Å². The third kappa shape index (κ3) is 5.42. The first-order valence-electron chi connectivity index (χ1n) is 7.47. The van der Waals surface area contributed by atoms with Gasteiger partial charge in [-0.1, -0.05) is 19.1 Å². The Labute approximate surface area is 141 Å². The summed E-state index contributed by atoms with van der Waals surface area (Å²) in [5.41, 5.74) is 0.587. The summed E-state index contributed by atoms with van der Waals surface area (Å²) < 4.78 is 9.15. The van der Waals surface area contributed by atoms with E-state index in [1.807, 2.05) is 13.8 Å². The maximum absolute atomic E-state index is 12.4. The van der Waals surface area contributed by atoms with Crippen LogP contribution in [0, 0.1) is 0 Å². The summed E-state index contributed by atoms with van der Waals surface area (Å²) in [6.07, 6.45) is 1.76. The number of carbonyl (C=O) groups excluding carboxylic acids is 3. The second-order valence-electron chi connectivity index (χ2n) is 5.03. The largest absolute Gasteiger partial charge is 0.466 e. The van der Waals surface area contributed by atoms with E-state index in [2.05, 4.69) is 20.1 Å². The lowest BCUT2D eigenvalue weighted by Gasteiger charge is -2.15. The van der Waals surface area contributed by atoms with Crippen molar-refractivity contribution in [2.45, 2.75) is 26.3 Å². The molecule has 0 fully saturated rings. The number of amides is 1. The molecule has 0 spiro atoms. The van der Waals surface area contributed by atoms with Gasteiger partial charge in [-0.3, -0.25) is 4.79 Å². The van der Waals surface area contributed by atoms with E-state index in [9.17, 15) is 14.4 Å². The number of anilines is 1. The molecule has 0 aromatic heterocycles. The Hall–Kier alpha value is -2.83. The number of hydrogen-bond donors (Lipinski definition) is 2. The molecule has 130 valence electrons. The number of rotatable bonds is 7. The first-order chi connectivity index (χ1) is 11.4. The Morgan fingerprint density at radius 2 is 1.83 bits per heavy atom. The van der Waals surface area contributed by atoms with E-state index in [-0.39, 0.29) is 17.6 Å². The zero-order chi connectivity index (χ0) is 18.1. The summed E-state index contributed by atoms with van der Waals surface area (Å²) in [4.78, 5) is 35.6. The molecule has 1 amide bonds. The average Bonchev–Trinajstić information content (AvgIpc) is 2.60. The predicted molar refractivity (Wildman–Crippen MR) is 89.4 cm³/mol. The van der Waals surface area contributed by atoms with Crippen molar-refractivity contribution < 1.29 is 23.9 Å². The maximum Gasteiger partial charge on any atom is 0.354 e. The molecule has 1 aromatic carbocycles. The molecule has 0 aliphatic heterocycles. The van der Waals surface area contributed by atoms with Gasteiger partial charge in [0, 0.05) is 6.04 Å². The zero-order valence-corrected chi connectivity index (χ0v) is 14.2. The fourth-order valence-corrected chi connectivity index (χ4v) is 1.77. The SMILES string of the molecule is CCC(C)NC(=O)c1ccccc1N/C(=C/C(=O)OC)C(=O)OC. The molecule has 0 aliphatic carbocycles. The number of carbonyl (C=O) groups is 3. The van der Waals surface area contributed by atoms with E-state index in [0.717, 1.165) is 12.5 Å². The molecule has 1 aromatic rings. The highest BCUT2D eigenvalue weighted by Gasteiger charge is 2.17. The van der Waals surface area contributed by atoms with Crippen LogP contribution in [0.3, 0.4) is 0 Å². The summed E-state index contributed by atoms with van der Waals surface area (Å²) in [6.45, 7) is 3.86. The smallest absolute Gasteiger partial charge is 0.354 e. The molecule has 0 radical (unpaired) electrons. The van der Waals surface area contributed by atoms with Crippen LogP contribution < -0.4 is 10.6 Å². The summed E-state index contributed by atoms with van der Waals surface area (Å²) in [6, 6.07) is 6.66. The summed E-state index contributed by atoms with van der Waals surface area (Å²) in [7, 11) is 2.39. The number of para-hydroxylation sites is 1. The summed E-state index contributed by atoms with van der Waals surface area (Å²) in [5, 5.41) is 5.61. The van der Waals surface area contributed by atoms with Gasteiger partial charge in [-0.15, -0.1) is 0 Å². The van der Waals surface area contributed by atoms with Gasteiger partial charge in [-0.2, -0.15) is 0 Å². The minimum Gasteiger partial charge on any atom is -0.466 e. The van der Waals surface area contributed by atoms with Gasteiger partial charge in [0.25, 0.3) is 5.91 Å². The minimum absolute atomic E-state index is 0.0104. The Morgan fingerprint density at radius 1 is 1.17 bits per heavy atom. The molecule has 2 N–H and O–H groups in total. The zero-order valence-electron chi connectivity index (χ0n) is 14.2. The van der Waals surface area contributed by atoms with Crippen LogP contribution in [0.25, 0.3) is 0 Å². The normalized spacial score (nSPS) is 12.1. The number of methoxy groups -OCH3 is 2. The van der Waals surface area contributed by atoms with Crippen LogP contribution in [0.1, 0.15) is 30.6 Å². The van der Waals surface area contributed by atoms with Crippen LogP contribution in [0.5, 0.6) is 0 Å². The van der Waals surface area contributed by atoms with Crippen molar-refractivity contribution in [2.75, 3.05) is 19.5 Å². The molecule has 24 heavy (non-hydrogen) atoms. The number of nitrogens with one attached hydrogen (secondary N) is 2. The van der Waals surface area contributed by atoms with Crippen molar-refractivity contribution in [3.8, 4) is 0 Å². The molecule has 1 rings (SSSR count). The van der Waals surface area contributed by atoms with E-state index in [0.29, 0.717) is 11.3 Å². The number of hydrogen-bond acceptors (Lipinski definition) is 6. The maximum atomic E-state index is 12.4. The predicted octanol–water partition coefficient (Wildman–Crippen LogP) is 1.86.